The van der Waals surface area contributed by atoms with Crippen molar-refractivity contribution in [1.29, 1.82) is 0 Å². The number of carbonyl (C=O) groups is 4. The van der Waals surface area contributed by atoms with Gasteiger partial charge >= 0.3 is 5.97 Å². The van der Waals surface area contributed by atoms with E-state index in [4.69, 9.17) is 5.11 Å². The fraction of sp³-hybridized carbons (Fsp3) is 0.789. The first-order chi connectivity index (χ1) is 13.1. The van der Waals surface area contributed by atoms with Gasteiger partial charge in [0.05, 0.1) is 6.04 Å². The molecule has 0 aromatic carbocycles. The van der Waals surface area contributed by atoms with Crippen molar-refractivity contribution in [2.45, 2.75) is 71.5 Å². The van der Waals surface area contributed by atoms with Gasteiger partial charge in [-0.25, -0.2) is 0 Å². The standard InChI is InChI=1S/C19H34N4O5/c1-5-12(4)16(23-18(27)13-7-6-8-20-13)19(28)22-14(9-11(2)3)17(26)21-10-15(24)25/h11-14,16,20H,5-10H2,1-4H3,(H,21,26)(H,22,28)(H,23,27)(H,24,25). The van der Waals surface area contributed by atoms with E-state index in [2.05, 4.69) is 21.3 Å². The molecule has 4 unspecified atom stereocenters. The van der Waals surface area contributed by atoms with Crippen molar-refractivity contribution in [1.82, 2.24) is 21.3 Å². The normalized spacial score (nSPS) is 19.5. The quantitative estimate of drug-likeness (QED) is 0.332. The minimum atomic E-state index is -1.16. The van der Waals surface area contributed by atoms with E-state index >= 15 is 0 Å². The fourth-order valence-corrected chi connectivity index (χ4v) is 3.11. The van der Waals surface area contributed by atoms with E-state index in [1.54, 1.807) is 0 Å². The molecule has 1 heterocycles. The second-order valence-corrected chi connectivity index (χ2v) is 7.82. The highest BCUT2D eigenvalue weighted by Gasteiger charge is 2.32. The second kappa shape index (κ2) is 11.6. The van der Waals surface area contributed by atoms with Crippen LogP contribution in [0.4, 0.5) is 0 Å². The van der Waals surface area contributed by atoms with E-state index < -0.39 is 36.4 Å². The summed E-state index contributed by atoms with van der Waals surface area (Å²) >= 11 is 0. The number of nitrogens with one attached hydrogen (secondary N) is 4. The molecule has 4 atom stereocenters. The van der Waals surface area contributed by atoms with Crippen molar-refractivity contribution in [3.05, 3.63) is 0 Å². The highest BCUT2D eigenvalue weighted by atomic mass is 16.4. The molecule has 0 aliphatic carbocycles. The van der Waals surface area contributed by atoms with Crippen LogP contribution >= 0.6 is 0 Å². The lowest BCUT2D eigenvalue weighted by Crippen LogP contribution is -2.58. The van der Waals surface area contributed by atoms with Gasteiger partial charge in [-0.15, -0.1) is 0 Å². The van der Waals surface area contributed by atoms with Crippen LogP contribution in [0.5, 0.6) is 0 Å². The lowest BCUT2D eigenvalue weighted by Gasteiger charge is -2.28. The predicted octanol–water partition coefficient (Wildman–Crippen LogP) is 0.00100. The van der Waals surface area contributed by atoms with Crippen LogP contribution in [0.15, 0.2) is 0 Å². The molecule has 3 amide bonds. The molecule has 0 aromatic rings. The summed E-state index contributed by atoms with van der Waals surface area (Å²) < 4.78 is 0. The van der Waals surface area contributed by atoms with Crippen LogP contribution < -0.4 is 21.3 Å². The van der Waals surface area contributed by atoms with Gasteiger partial charge in [0.2, 0.25) is 17.7 Å². The summed E-state index contributed by atoms with van der Waals surface area (Å²) in [5, 5.41) is 19.7. The number of carboxylic acids is 1. The summed E-state index contributed by atoms with van der Waals surface area (Å²) in [4.78, 5) is 48.4. The molecule has 1 aliphatic rings. The van der Waals surface area contributed by atoms with Crippen molar-refractivity contribution in [2.75, 3.05) is 13.1 Å². The van der Waals surface area contributed by atoms with Crippen molar-refractivity contribution in [3.8, 4) is 0 Å². The second-order valence-electron chi connectivity index (χ2n) is 7.82. The molecule has 5 N–H and O–H groups in total. The Hall–Kier alpha value is -2.16. The molecule has 1 fully saturated rings. The van der Waals surface area contributed by atoms with Crippen LogP contribution in [-0.2, 0) is 19.2 Å². The van der Waals surface area contributed by atoms with E-state index in [0.29, 0.717) is 12.8 Å². The maximum Gasteiger partial charge on any atom is 0.322 e. The Morgan fingerprint density at radius 2 is 1.79 bits per heavy atom. The number of aliphatic carboxylic acids is 1. The first-order valence-electron chi connectivity index (χ1n) is 9.99. The molecule has 1 aliphatic heterocycles. The summed E-state index contributed by atoms with van der Waals surface area (Å²) in [5.41, 5.74) is 0. The summed E-state index contributed by atoms with van der Waals surface area (Å²) in [6.07, 6.45) is 2.69. The van der Waals surface area contributed by atoms with Crippen molar-refractivity contribution < 1.29 is 24.3 Å². The highest BCUT2D eigenvalue weighted by molar-refractivity contribution is 5.93. The minimum Gasteiger partial charge on any atom is -0.480 e. The van der Waals surface area contributed by atoms with Crippen LogP contribution in [0.25, 0.3) is 0 Å². The number of hydrogen-bond acceptors (Lipinski definition) is 5. The number of amides is 3. The zero-order valence-corrected chi connectivity index (χ0v) is 17.2. The lowest BCUT2D eigenvalue weighted by atomic mass is 9.96. The van der Waals surface area contributed by atoms with Crippen molar-refractivity contribution in [3.63, 3.8) is 0 Å². The van der Waals surface area contributed by atoms with E-state index in [0.717, 1.165) is 19.4 Å². The van der Waals surface area contributed by atoms with Gasteiger partial charge in [-0.3, -0.25) is 19.2 Å². The first-order valence-corrected chi connectivity index (χ1v) is 9.99. The third-order valence-corrected chi connectivity index (χ3v) is 4.92. The van der Waals surface area contributed by atoms with Gasteiger partial charge in [0.15, 0.2) is 0 Å². The molecule has 9 nitrogen and oxygen atoms in total. The maximum absolute atomic E-state index is 12.9. The SMILES string of the molecule is CCC(C)C(NC(=O)C1CCCN1)C(=O)NC(CC(C)C)C(=O)NCC(=O)O. The van der Waals surface area contributed by atoms with Gasteiger partial charge in [-0.1, -0.05) is 34.1 Å². The van der Waals surface area contributed by atoms with E-state index in [9.17, 15) is 19.2 Å². The Bertz CT molecular complexity index is 561. The summed E-state index contributed by atoms with van der Waals surface area (Å²) in [6, 6.07) is -1.92. The van der Waals surface area contributed by atoms with Gasteiger partial charge < -0.3 is 26.4 Å². The number of hydrogen-bond donors (Lipinski definition) is 5. The molecule has 28 heavy (non-hydrogen) atoms. The zero-order valence-electron chi connectivity index (χ0n) is 17.2. The number of carbonyl (C=O) groups excluding carboxylic acids is 3. The molecule has 0 saturated carbocycles. The average Bonchev–Trinajstić information content (AvgIpc) is 3.17. The van der Waals surface area contributed by atoms with Crippen LogP contribution in [-0.4, -0.2) is 60.0 Å². The zero-order chi connectivity index (χ0) is 21.3. The molecule has 9 heteroatoms. The van der Waals surface area contributed by atoms with Crippen LogP contribution in [0.2, 0.25) is 0 Å². The van der Waals surface area contributed by atoms with Gasteiger partial charge in [-0.05, 0) is 37.6 Å². The molecular weight excluding hydrogens is 364 g/mol. The number of rotatable bonds is 11. The number of carboxylic acid groups (broad SMARTS) is 1. The third kappa shape index (κ3) is 7.84. The van der Waals surface area contributed by atoms with Gasteiger partial charge in [-0.2, -0.15) is 0 Å². The topological polar surface area (TPSA) is 137 Å². The minimum absolute atomic E-state index is 0.111. The molecule has 0 bridgehead atoms. The largest absolute Gasteiger partial charge is 0.480 e. The molecule has 1 saturated heterocycles. The summed E-state index contributed by atoms with van der Waals surface area (Å²) in [6.45, 7) is 7.87. The predicted molar refractivity (Wildman–Crippen MR) is 104 cm³/mol. The first kappa shape index (κ1) is 23.9. The van der Waals surface area contributed by atoms with Crippen LogP contribution in [0, 0.1) is 11.8 Å². The Labute approximate surface area is 166 Å². The molecule has 0 aromatic heterocycles. The Balaban J connectivity index is 2.83. The maximum atomic E-state index is 12.9. The molecule has 1 rings (SSSR count). The van der Waals surface area contributed by atoms with Gasteiger partial charge in [0.1, 0.15) is 18.6 Å². The van der Waals surface area contributed by atoms with Gasteiger partial charge in [0.25, 0.3) is 0 Å². The van der Waals surface area contributed by atoms with Crippen molar-refractivity contribution in [2.24, 2.45) is 11.8 Å². The smallest absolute Gasteiger partial charge is 0.322 e. The van der Waals surface area contributed by atoms with E-state index in [-0.39, 0.29) is 23.8 Å². The fourth-order valence-electron chi connectivity index (χ4n) is 3.11. The highest BCUT2D eigenvalue weighted by Crippen LogP contribution is 2.12. The van der Waals surface area contributed by atoms with E-state index in [1.807, 2.05) is 27.7 Å². The summed E-state index contributed by atoms with van der Waals surface area (Å²) in [5.74, 6) is -2.36. The lowest BCUT2D eigenvalue weighted by molar-refractivity contribution is -0.138. The summed E-state index contributed by atoms with van der Waals surface area (Å²) in [7, 11) is 0. The third-order valence-electron chi connectivity index (χ3n) is 4.92. The Kier molecular flexibility index (Phi) is 9.92. The van der Waals surface area contributed by atoms with Crippen molar-refractivity contribution >= 4 is 23.7 Å². The van der Waals surface area contributed by atoms with Crippen LogP contribution in [0.3, 0.4) is 0 Å². The van der Waals surface area contributed by atoms with Crippen LogP contribution in [0.1, 0.15) is 53.4 Å². The monoisotopic (exact) mass is 398 g/mol. The average molecular weight is 399 g/mol. The Morgan fingerprint density at radius 3 is 2.29 bits per heavy atom. The molecule has 160 valence electrons. The molecular formula is C19H34N4O5. The molecule has 0 spiro atoms. The molecule has 0 radical (unpaired) electrons. The van der Waals surface area contributed by atoms with E-state index in [1.165, 1.54) is 0 Å². The Morgan fingerprint density at radius 1 is 1.11 bits per heavy atom. The van der Waals surface area contributed by atoms with Gasteiger partial charge in [0, 0.05) is 0 Å².